The maximum Gasteiger partial charge on any atom is 0.340 e. The van der Waals surface area contributed by atoms with Gasteiger partial charge in [-0.3, -0.25) is 14.4 Å². The zero-order valence-electron chi connectivity index (χ0n) is 14.7. The Morgan fingerprint density at radius 2 is 1.74 bits per heavy atom. The maximum absolute atomic E-state index is 12.6. The van der Waals surface area contributed by atoms with Crippen LogP contribution in [0.15, 0.2) is 54.6 Å². The van der Waals surface area contributed by atoms with Crippen LogP contribution in [0, 0.1) is 5.92 Å². The third kappa shape index (κ3) is 3.72. The van der Waals surface area contributed by atoms with Gasteiger partial charge < -0.3 is 15.0 Å². The Morgan fingerprint density at radius 1 is 1.07 bits per heavy atom. The van der Waals surface area contributed by atoms with E-state index in [0.717, 1.165) is 0 Å². The van der Waals surface area contributed by atoms with E-state index in [-0.39, 0.29) is 24.4 Å². The van der Waals surface area contributed by atoms with E-state index in [9.17, 15) is 19.2 Å². The van der Waals surface area contributed by atoms with Gasteiger partial charge in [-0.05, 0) is 31.2 Å². The lowest BCUT2D eigenvalue weighted by Gasteiger charge is -2.16. The number of benzene rings is 2. The number of esters is 1. The van der Waals surface area contributed by atoms with Gasteiger partial charge >= 0.3 is 5.97 Å². The lowest BCUT2D eigenvalue weighted by Crippen LogP contribution is -2.34. The van der Waals surface area contributed by atoms with Gasteiger partial charge in [0.05, 0.1) is 24.4 Å². The molecule has 7 heteroatoms. The third-order valence-corrected chi connectivity index (χ3v) is 4.16. The number of carbonyl (C=O) groups excluding carboxylic acids is 4. The summed E-state index contributed by atoms with van der Waals surface area (Å²) in [5, 5.41) is 2.52. The first-order valence-electron chi connectivity index (χ1n) is 8.49. The minimum Gasteiger partial charge on any atom is -0.462 e. The molecule has 2 amide bonds. The molecule has 1 atom stereocenters. The van der Waals surface area contributed by atoms with Crippen molar-refractivity contribution < 1.29 is 23.9 Å². The van der Waals surface area contributed by atoms with Crippen LogP contribution in [0.25, 0.3) is 0 Å². The average Bonchev–Trinajstić information content (AvgIpc) is 2.97. The molecule has 0 radical (unpaired) electrons. The van der Waals surface area contributed by atoms with Crippen LogP contribution in [0.2, 0.25) is 0 Å². The van der Waals surface area contributed by atoms with E-state index in [2.05, 4.69) is 5.32 Å². The van der Waals surface area contributed by atoms with Crippen molar-refractivity contribution in [1.82, 2.24) is 0 Å². The minimum atomic E-state index is -1.44. The number of ether oxygens (including phenoxy) is 1. The first-order chi connectivity index (χ1) is 13.0. The van der Waals surface area contributed by atoms with Crippen molar-refractivity contribution in [3.63, 3.8) is 0 Å². The molecule has 1 aliphatic rings. The molecule has 0 aromatic heterocycles. The van der Waals surface area contributed by atoms with Crippen molar-refractivity contribution >= 4 is 34.9 Å². The van der Waals surface area contributed by atoms with Gasteiger partial charge in [0.15, 0.2) is 11.7 Å². The van der Waals surface area contributed by atoms with Gasteiger partial charge in [-0.15, -0.1) is 0 Å². The molecule has 0 unspecified atom stereocenters. The number of carbonyl (C=O) groups is 4. The SMILES string of the molecule is CCOC(=O)c1ccccc1NC(=O)[C@H]1C(=O)CN(c2ccccc2)C1=O. The van der Waals surface area contributed by atoms with Gasteiger partial charge in [-0.1, -0.05) is 30.3 Å². The highest BCUT2D eigenvalue weighted by Crippen LogP contribution is 2.25. The van der Waals surface area contributed by atoms with Crippen LogP contribution in [0.1, 0.15) is 17.3 Å². The van der Waals surface area contributed by atoms with Crippen molar-refractivity contribution in [1.29, 1.82) is 0 Å². The summed E-state index contributed by atoms with van der Waals surface area (Å²) in [6, 6.07) is 15.0. The number of hydrogen-bond acceptors (Lipinski definition) is 5. The number of amides is 2. The Labute approximate surface area is 155 Å². The quantitative estimate of drug-likeness (QED) is 0.646. The Bertz CT molecular complexity index is 894. The van der Waals surface area contributed by atoms with E-state index in [1.807, 2.05) is 0 Å². The fourth-order valence-electron chi connectivity index (χ4n) is 2.89. The van der Waals surface area contributed by atoms with Gasteiger partial charge in [0.1, 0.15) is 0 Å². The van der Waals surface area contributed by atoms with E-state index >= 15 is 0 Å². The zero-order chi connectivity index (χ0) is 19.4. The standard InChI is InChI=1S/C20H18N2O5/c1-2-27-20(26)14-10-6-7-11-15(14)21-18(24)17-16(23)12-22(19(17)25)13-8-4-3-5-9-13/h3-11,17H,2,12H2,1H3,(H,21,24)/t17-/m1/s1. The number of nitrogens with zero attached hydrogens (tertiary/aromatic N) is 1. The average molecular weight is 366 g/mol. The summed E-state index contributed by atoms with van der Waals surface area (Å²) >= 11 is 0. The molecule has 3 rings (SSSR count). The monoisotopic (exact) mass is 366 g/mol. The predicted molar refractivity (Wildman–Crippen MR) is 98.3 cm³/mol. The Balaban J connectivity index is 1.80. The summed E-state index contributed by atoms with van der Waals surface area (Å²) < 4.78 is 4.96. The predicted octanol–water partition coefficient (Wildman–Crippen LogP) is 2.03. The highest BCUT2D eigenvalue weighted by Gasteiger charge is 2.44. The fourth-order valence-corrected chi connectivity index (χ4v) is 2.89. The van der Waals surface area contributed by atoms with Gasteiger partial charge in [0, 0.05) is 5.69 Å². The van der Waals surface area contributed by atoms with Crippen LogP contribution in [-0.2, 0) is 19.1 Å². The van der Waals surface area contributed by atoms with Crippen molar-refractivity contribution in [2.45, 2.75) is 6.92 Å². The van der Waals surface area contributed by atoms with Crippen LogP contribution >= 0.6 is 0 Å². The molecule has 2 aromatic carbocycles. The van der Waals surface area contributed by atoms with Crippen molar-refractivity contribution in [2.75, 3.05) is 23.4 Å². The Kier molecular flexibility index (Phi) is 5.30. The number of nitrogens with one attached hydrogen (secondary N) is 1. The van der Waals surface area contributed by atoms with E-state index in [4.69, 9.17) is 4.74 Å². The van der Waals surface area contributed by atoms with Crippen molar-refractivity contribution in [3.8, 4) is 0 Å². The third-order valence-electron chi connectivity index (χ3n) is 4.16. The summed E-state index contributed by atoms with van der Waals surface area (Å²) in [5.74, 6) is -3.88. The van der Waals surface area contributed by atoms with E-state index in [1.54, 1.807) is 49.4 Å². The van der Waals surface area contributed by atoms with Crippen LogP contribution in [0.4, 0.5) is 11.4 Å². The Morgan fingerprint density at radius 3 is 2.44 bits per heavy atom. The molecule has 0 bridgehead atoms. The molecule has 1 saturated heterocycles. The molecular formula is C20H18N2O5. The number of Topliss-reactive ketones (excluding diaryl/α,β-unsaturated/α-hetero) is 1. The smallest absolute Gasteiger partial charge is 0.340 e. The normalized spacial score (nSPS) is 16.3. The van der Waals surface area contributed by atoms with Crippen LogP contribution in [0.3, 0.4) is 0 Å². The molecule has 0 aliphatic carbocycles. The summed E-state index contributed by atoms with van der Waals surface area (Å²) in [5.41, 5.74) is 0.906. The zero-order valence-corrected chi connectivity index (χ0v) is 14.7. The van der Waals surface area contributed by atoms with Crippen molar-refractivity contribution in [2.24, 2.45) is 5.92 Å². The number of anilines is 2. The summed E-state index contributed by atoms with van der Waals surface area (Å²) in [6.45, 7) is 1.69. The molecule has 1 aliphatic heterocycles. The lowest BCUT2D eigenvalue weighted by atomic mass is 10.1. The first kappa shape index (κ1) is 18.3. The van der Waals surface area contributed by atoms with E-state index in [1.165, 1.54) is 17.0 Å². The van der Waals surface area contributed by atoms with Crippen LogP contribution in [0.5, 0.6) is 0 Å². The van der Waals surface area contributed by atoms with Crippen LogP contribution in [-0.4, -0.2) is 36.7 Å². The fraction of sp³-hybridized carbons (Fsp3) is 0.200. The van der Waals surface area contributed by atoms with Gasteiger partial charge in [-0.2, -0.15) is 0 Å². The first-order valence-corrected chi connectivity index (χ1v) is 8.49. The molecular weight excluding hydrogens is 348 g/mol. The Hall–Kier alpha value is -3.48. The highest BCUT2D eigenvalue weighted by atomic mass is 16.5. The molecule has 27 heavy (non-hydrogen) atoms. The van der Waals surface area contributed by atoms with E-state index < -0.39 is 29.5 Å². The molecule has 2 aromatic rings. The summed E-state index contributed by atoms with van der Waals surface area (Å²) in [4.78, 5) is 50.8. The molecule has 7 nitrogen and oxygen atoms in total. The largest absolute Gasteiger partial charge is 0.462 e. The second-order valence-corrected chi connectivity index (χ2v) is 5.91. The summed E-state index contributed by atoms with van der Waals surface area (Å²) in [7, 11) is 0. The molecule has 1 N–H and O–H groups in total. The second-order valence-electron chi connectivity index (χ2n) is 5.91. The van der Waals surface area contributed by atoms with E-state index in [0.29, 0.717) is 5.69 Å². The number of hydrogen-bond donors (Lipinski definition) is 1. The van der Waals surface area contributed by atoms with Gasteiger partial charge in [-0.25, -0.2) is 4.79 Å². The highest BCUT2D eigenvalue weighted by molar-refractivity contribution is 6.30. The maximum atomic E-state index is 12.6. The molecule has 138 valence electrons. The summed E-state index contributed by atoms with van der Waals surface area (Å²) in [6.07, 6.45) is 0. The molecule has 0 saturated carbocycles. The van der Waals surface area contributed by atoms with Crippen LogP contribution < -0.4 is 10.2 Å². The number of para-hydroxylation sites is 2. The molecule has 0 spiro atoms. The molecule has 1 heterocycles. The minimum absolute atomic E-state index is 0.158. The second kappa shape index (κ2) is 7.82. The topological polar surface area (TPSA) is 92.8 Å². The molecule has 1 fully saturated rings. The van der Waals surface area contributed by atoms with Crippen molar-refractivity contribution in [3.05, 3.63) is 60.2 Å². The lowest BCUT2D eigenvalue weighted by molar-refractivity contribution is -0.134. The van der Waals surface area contributed by atoms with Gasteiger partial charge in [0.2, 0.25) is 11.8 Å². The number of rotatable bonds is 5. The van der Waals surface area contributed by atoms with Gasteiger partial charge in [0.25, 0.3) is 0 Å². The number of ketones is 1.